The summed E-state index contributed by atoms with van der Waals surface area (Å²) in [6.07, 6.45) is -1.13. The summed E-state index contributed by atoms with van der Waals surface area (Å²) in [5, 5.41) is 2.75. The molecule has 8 heteroatoms. The fourth-order valence-corrected chi connectivity index (χ4v) is 2.92. The average molecular weight is 381 g/mol. The van der Waals surface area contributed by atoms with Crippen LogP contribution in [0.3, 0.4) is 0 Å². The highest BCUT2D eigenvalue weighted by molar-refractivity contribution is 5.85. The van der Waals surface area contributed by atoms with Crippen molar-refractivity contribution in [3.8, 4) is 5.75 Å². The van der Waals surface area contributed by atoms with E-state index in [1.165, 1.54) is 0 Å². The summed E-state index contributed by atoms with van der Waals surface area (Å²) in [5.74, 6) is 0.189. The van der Waals surface area contributed by atoms with Crippen molar-refractivity contribution in [2.24, 2.45) is 11.7 Å². The number of alkyl halides is 3. The summed E-state index contributed by atoms with van der Waals surface area (Å²) in [7, 11) is 0. The topological polar surface area (TPSA) is 64.4 Å². The molecule has 1 aliphatic carbocycles. The second kappa shape index (κ2) is 9.29. The molecule has 142 valence electrons. The second-order valence-electron chi connectivity index (χ2n) is 6.35. The first-order valence-electron chi connectivity index (χ1n) is 8.06. The van der Waals surface area contributed by atoms with Crippen LogP contribution < -0.4 is 15.8 Å². The normalized spacial score (nSPS) is 20.0. The van der Waals surface area contributed by atoms with Gasteiger partial charge in [-0.25, -0.2) is 0 Å². The number of halogens is 4. The largest absolute Gasteiger partial charge is 0.484 e. The van der Waals surface area contributed by atoms with Gasteiger partial charge in [0.05, 0.1) is 0 Å². The van der Waals surface area contributed by atoms with Gasteiger partial charge in [0.1, 0.15) is 5.75 Å². The Kier molecular flexibility index (Phi) is 8.02. The van der Waals surface area contributed by atoms with Gasteiger partial charge >= 0.3 is 6.18 Å². The molecule has 2 rings (SSSR count). The first-order chi connectivity index (χ1) is 11.2. The van der Waals surface area contributed by atoms with Crippen LogP contribution in [-0.4, -0.2) is 24.7 Å². The van der Waals surface area contributed by atoms with Crippen LogP contribution in [0.4, 0.5) is 13.2 Å². The molecule has 0 aromatic heterocycles. The minimum Gasteiger partial charge on any atom is -0.484 e. The number of hydrogen-bond donors (Lipinski definition) is 2. The molecule has 0 unspecified atom stereocenters. The van der Waals surface area contributed by atoms with E-state index in [-0.39, 0.29) is 42.6 Å². The highest BCUT2D eigenvalue weighted by Gasteiger charge is 2.29. The van der Waals surface area contributed by atoms with Gasteiger partial charge in [0.2, 0.25) is 5.91 Å². The quantitative estimate of drug-likeness (QED) is 0.794. The molecule has 1 aliphatic rings. The van der Waals surface area contributed by atoms with E-state index >= 15 is 0 Å². The summed E-state index contributed by atoms with van der Waals surface area (Å²) in [5.41, 5.74) is 7.26. The Morgan fingerprint density at radius 1 is 1.36 bits per heavy atom. The van der Waals surface area contributed by atoms with Gasteiger partial charge in [-0.15, -0.1) is 12.4 Å². The monoisotopic (exact) mass is 380 g/mol. The lowest BCUT2D eigenvalue weighted by Crippen LogP contribution is -2.31. The fourth-order valence-electron chi connectivity index (χ4n) is 2.92. The minimum atomic E-state index is -4.40. The van der Waals surface area contributed by atoms with Crippen LogP contribution in [0.5, 0.6) is 5.75 Å². The molecule has 0 saturated heterocycles. The van der Waals surface area contributed by atoms with Crippen LogP contribution in [0.1, 0.15) is 36.8 Å². The molecule has 0 bridgehead atoms. The van der Waals surface area contributed by atoms with Crippen LogP contribution in [0.15, 0.2) is 18.2 Å². The van der Waals surface area contributed by atoms with Crippen LogP contribution >= 0.6 is 12.4 Å². The van der Waals surface area contributed by atoms with Gasteiger partial charge in [-0.1, -0.05) is 18.6 Å². The van der Waals surface area contributed by atoms with Crippen molar-refractivity contribution in [3.63, 3.8) is 0 Å². The Morgan fingerprint density at radius 3 is 2.68 bits per heavy atom. The first kappa shape index (κ1) is 21.6. The molecule has 1 fully saturated rings. The third kappa shape index (κ3) is 7.12. The molecule has 1 amide bonds. The summed E-state index contributed by atoms with van der Waals surface area (Å²) in [6, 6.07) is 5.04. The third-order valence-electron chi connectivity index (χ3n) is 4.26. The van der Waals surface area contributed by atoms with Crippen molar-refractivity contribution < 1.29 is 22.7 Å². The molecule has 0 spiro atoms. The predicted molar refractivity (Wildman–Crippen MR) is 91.8 cm³/mol. The fraction of sp³-hybridized carbons (Fsp3) is 0.588. The van der Waals surface area contributed by atoms with Gasteiger partial charge in [0, 0.05) is 24.6 Å². The zero-order valence-corrected chi connectivity index (χ0v) is 14.9. The molecular weight excluding hydrogens is 357 g/mol. The number of hydrogen-bond acceptors (Lipinski definition) is 3. The van der Waals surface area contributed by atoms with Crippen molar-refractivity contribution in [1.82, 2.24) is 5.32 Å². The number of nitrogens with two attached hydrogens (primary N) is 1. The standard InChI is InChI=1S/C17H23F3N2O2.ClH/c1-11-5-6-13(15(7-11)24-10-17(18,19)20)9-22-16(23)8-12-3-2-4-14(12)21;/h5-7,12,14H,2-4,8-10,21H2,1H3,(H,22,23);1H/t12-,14+;/m0./s1. The van der Waals surface area contributed by atoms with Gasteiger partial charge in [0.25, 0.3) is 0 Å². The Hall–Kier alpha value is -1.47. The van der Waals surface area contributed by atoms with Gasteiger partial charge in [0.15, 0.2) is 6.61 Å². The maximum absolute atomic E-state index is 12.3. The maximum Gasteiger partial charge on any atom is 0.422 e. The van der Waals surface area contributed by atoms with Gasteiger partial charge in [-0.2, -0.15) is 13.2 Å². The molecule has 0 radical (unpaired) electrons. The number of aryl methyl sites for hydroxylation is 1. The van der Waals surface area contributed by atoms with Crippen molar-refractivity contribution >= 4 is 18.3 Å². The Morgan fingerprint density at radius 2 is 2.08 bits per heavy atom. The summed E-state index contributed by atoms with van der Waals surface area (Å²) < 4.78 is 41.9. The zero-order valence-electron chi connectivity index (χ0n) is 14.1. The lowest BCUT2D eigenvalue weighted by Gasteiger charge is -2.16. The van der Waals surface area contributed by atoms with E-state index in [2.05, 4.69) is 5.32 Å². The molecule has 1 saturated carbocycles. The van der Waals surface area contributed by atoms with E-state index in [4.69, 9.17) is 10.5 Å². The molecule has 2 atom stereocenters. The number of nitrogens with one attached hydrogen (secondary N) is 1. The zero-order chi connectivity index (χ0) is 17.7. The lowest BCUT2D eigenvalue weighted by atomic mass is 10.00. The van der Waals surface area contributed by atoms with Crippen molar-refractivity contribution in [2.75, 3.05) is 6.61 Å². The highest BCUT2D eigenvalue weighted by atomic mass is 35.5. The number of carbonyl (C=O) groups is 1. The summed E-state index contributed by atoms with van der Waals surface area (Å²) >= 11 is 0. The summed E-state index contributed by atoms with van der Waals surface area (Å²) in [6.45, 7) is 0.548. The van der Waals surface area contributed by atoms with Crippen LogP contribution in [0.25, 0.3) is 0 Å². The lowest BCUT2D eigenvalue weighted by molar-refractivity contribution is -0.153. The second-order valence-corrected chi connectivity index (χ2v) is 6.35. The van der Waals surface area contributed by atoms with E-state index in [0.29, 0.717) is 12.0 Å². The van der Waals surface area contributed by atoms with Gasteiger partial charge in [-0.05, 0) is 37.3 Å². The number of rotatable bonds is 6. The molecule has 25 heavy (non-hydrogen) atoms. The molecule has 4 nitrogen and oxygen atoms in total. The Labute approximate surface area is 151 Å². The molecule has 3 N–H and O–H groups in total. The molecule has 0 heterocycles. The van der Waals surface area contributed by atoms with E-state index in [1.807, 2.05) is 0 Å². The molecule has 0 aliphatic heterocycles. The number of carbonyl (C=O) groups excluding carboxylic acids is 1. The van der Waals surface area contributed by atoms with E-state index in [9.17, 15) is 18.0 Å². The number of ether oxygens (including phenoxy) is 1. The molecular formula is C17H24ClF3N2O2. The van der Waals surface area contributed by atoms with Crippen LogP contribution in [0, 0.1) is 12.8 Å². The first-order valence-corrected chi connectivity index (χ1v) is 8.06. The maximum atomic E-state index is 12.3. The van der Waals surface area contributed by atoms with Crippen LogP contribution in [-0.2, 0) is 11.3 Å². The van der Waals surface area contributed by atoms with E-state index in [1.54, 1.807) is 25.1 Å². The van der Waals surface area contributed by atoms with Crippen molar-refractivity contribution in [1.29, 1.82) is 0 Å². The smallest absolute Gasteiger partial charge is 0.422 e. The van der Waals surface area contributed by atoms with Crippen LogP contribution in [0.2, 0.25) is 0 Å². The number of amides is 1. The molecule has 1 aromatic carbocycles. The predicted octanol–water partition coefficient (Wildman–Crippen LogP) is 3.49. The minimum absolute atomic E-state index is 0. The van der Waals surface area contributed by atoms with Gasteiger partial charge in [-0.3, -0.25) is 4.79 Å². The van der Waals surface area contributed by atoms with Crippen molar-refractivity contribution in [3.05, 3.63) is 29.3 Å². The Bertz CT molecular complexity index is 582. The van der Waals surface area contributed by atoms with Crippen molar-refractivity contribution in [2.45, 2.75) is 51.4 Å². The highest BCUT2D eigenvalue weighted by Crippen LogP contribution is 2.27. The summed E-state index contributed by atoms with van der Waals surface area (Å²) in [4.78, 5) is 12.0. The van der Waals surface area contributed by atoms with E-state index < -0.39 is 12.8 Å². The SMILES string of the molecule is Cc1ccc(CNC(=O)C[C@@H]2CCC[C@H]2N)c(OCC(F)(F)F)c1.Cl. The van der Waals surface area contributed by atoms with E-state index in [0.717, 1.165) is 24.8 Å². The Balaban J connectivity index is 0.00000312. The van der Waals surface area contributed by atoms with Gasteiger partial charge < -0.3 is 15.8 Å². The average Bonchev–Trinajstić information content (AvgIpc) is 2.88. The number of benzene rings is 1. The molecule has 1 aromatic rings. The third-order valence-corrected chi connectivity index (χ3v) is 4.26.